The van der Waals surface area contributed by atoms with Gasteiger partial charge in [-0.2, -0.15) is 0 Å². The zero-order chi connectivity index (χ0) is 15.7. The lowest BCUT2D eigenvalue weighted by molar-refractivity contribution is 0.390. The largest absolute Gasteiger partial charge is 0.360 e. The van der Waals surface area contributed by atoms with Crippen molar-refractivity contribution in [2.75, 3.05) is 0 Å². The summed E-state index contributed by atoms with van der Waals surface area (Å²) in [6.45, 7) is 5.86. The Kier molecular flexibility index (Phi) is 4.02. The fraction of sp³-hybridized carbons (Fsp3) is 0.312. The molecule has 1 aromatic carbocycles. The third-order valence-electron chi connectivity index (χ3n) is 3.31. The molecule has 5 nitrogen and oxygen atoms in total. The summed E-state index contributed by atoms with van der Waals surface area (Å²) in [6, 6.07) is 9.37. The van der Waals surface area contributed by atoms with Crippen molar-refractivity contribution in [3.8, 4) is 0 Å². The van der Waals surface area contributed by atoms with Crippen molar-refractivity contribution < 1.29 is 4.52 Å². The van der Waals surface area contributed by atoms with Gasteiger partial charge in [0.05, 0.1) is 22.3 Å². The molecule has 0 saturated carbocycles. The first-order valence-corrected chi connectivity index (χ1v) is 8.11. The summed E-state index contributed by atoms with van der Waals surface area (Å²) < 4.78 is 6.95. The summed E-state index contributed by atoms with van der Waals surface area (Å²) in [5, 5.41) is 5.23. The van der Waals surface area contributed by atoms with Crippen molar-refractivity contribution in [2.45, 2.75) is 37.7 Å². The summed E-state index contributed by atoms with van der Waals surface area (Å²) in [5.41, 5.74) is 1.57. The molecule has 0 atom stereocenters. The topological polar surface area (TPSA) is 60.9 Å². The van der Waals surface area contributed by atoms with E-state index in [1.807, 2.05) is 51.1 Å². The van der Waals surface area contributed by atoms with Crippen LogP contribution in [-0.4, -0.2) is 14.7 Å². The van der Waals surface area contributed by atoms with E-state index >= 15 is 0 Å². The molecule has 0 spiro atoms. The number of hydrogen-bond acceptors (Lipinski definition) is 5. The number of nitrogens with zero attached hydrogens (tertiary/aromatic N) is 3. The van der Waals surface area contributed by atoms with Crippen LogP contribution in [0.25, 0.3) is 10.9 Å². The molecule has 22 heavy (non-hydrogen) atoms. The van der Waals surface area contributed by atoms with Crippen molar-refractivity contribution in [1.82, 2.24) is 14.7 Å². The van der Waals surface area contributed by atoms with Gasteiger partial charge >= 0.3 is 0 Å². The van der Waals surface area contributed by atoms with Gasteiger partial charge in [0.1, 0.15) is 5.76 Å². The van der Waals surface area contributed by atoms with Gasteiger partial charge in [-0.3, -0.25) is 9.36 Å². The van der Waals surface area contributed by atoms with Gasteiger partial charge < -0.3 is 4.52 Å². The second-order valence-electron chi connectivity index (χ2n) is 5.40. The fourth-order valence-corrected chi connectivity index (χ4v) is 3.31. The van der Waals surface area contributed by atoms with Crippen LogP contribution < -0.4 is 5.56 Å². The summed E-state index contributed by atoms with van der Waals surface area (Å²) in [7, 11) is 0. The zero-order valence-electron chi connectivity index (χ0n) is 12.7. The van der Waals surface area contributed by atoms with Crippen LogP contribution in [0, 0.1) is 6.92 Å². The van der Waals surface area contributed by atoms with E-state index in [-0.39, 0.29) is 11.6 Å². The summed E-state index contributed by atoms with van der Waals surface area (Å²) in [4.78, 5) is 17.3. The Morgan fingerprint density at radius 3 is 2.77 bits per heavy atom. The minimum absolute atomic E-state index is 0.00292. The van der Waals surface area contributed by atoms with Crippen molar-refractivity contribution in [3.63, 3.8) is 0 Å². The summed E-state index contributed by atoms with van der Waals surface area (Å²) in [5.74, 6) is 1.37. The average molecular weight is 315 g/mol. The van der Waals surface area contributed by atoms with Crippen molar-refractivity contribution in [1.29, 1.82) is 0 Å². The van der Waals surface area contributed by atoms with Gasteiger partial charge in [0.25, 0.3) is 5.56 Å². The third-order valence-corrected chi connectivity index (χ3v) is 4.29. The highest BCUT2D eigenvalue weighted by molar-refractivity contribution is 7.98. The highest BCUT2D eigenvalue weighted by Crippen LogP contribution is 2.24. The van der Waals surface area contributed by atoms with Crippen molar-refractivity contribution in [2.24, 2.45) is 0 Å². The molecule has 2 aromatic heterocycles. The molecule has 3 rings (SSSR count). The maximum atomic E-state index is 12.7. The minimum Gasteiger partial charge on any atom is -0.360 e. The van der Waals surface area contributed by atoms with Gasteiger partial charge in [0.15, 0.2) is 5.16 Å². The second-order valence-corrected chi connectivity index (χ2v) is 6.35. The Morgan fingerprint density at radius 1 is 1.32 bits per heavy atom. The predicted molar refractivity (Wildman–Crippen MR) is 87.2 cm³/mol. The molecule has 2 heterocycles. The van der Waals surface area contributed by atoms with E-state index in [0.717, 1.165) is 17.0 Å². The number of aromatic nitrogens is 3. The van der Waals surface area contributed by atoms with Crippen LogP contribution in [-0.2, 0) is 5.75 Å². The normalized spacial score (nSPS) is 11.5. The molecule has 6 heteroatoms. The summed E-state index contributed by atoms with van der Waals surface area (Å²) in [6.07, 6.45) is 0. The van der Waals surface area contributed by atoms with E-state index in [2.05, 4.69) is 10.1 Å². The SMILES string of the molecule is Cc1cc(CSc2nc3ccccc3c(=O)n2C(C)C)on1. The van der Waals surface area contributed by atoms with Gasteiger partial charge in [-0.15, -0.1) is 0 Å². The molecule has 0 saturated heterocycles. The van der Waals surface area contributed by atoms with E-state index in [1.165, 1.54) is 11.8 Å². The molecular formula is C16H17N3O2S. The molecule has 0 N–H and O–H groups in total. The Balaban J connectivity index is 2.03. The molecule has 0 aliphatic rings. The molecule has 3 aromatic rings. The quantitative estimate of drug-likeness (QED) is 0.544. The Bertz CT molecular complexity index is 867. The lowest BCUT2D eigenvalue weighted by atomic mass is 10.2. The number of thioether (sulfide) groups is 1. The molecule has 0 bridgehead atoms. The molecule has 0 fully saturated rings. The molecule has 0 radical (unpaired) electrons. The van der Waals surface area contributed by atoms with Gasteiger partial charge in [0, 0.05) is 12.1 Å². The third kappa shape index (κ3) is 2.78. The Morgan fingerprint density at radius 2 is 2.09 bits per heavy atom. The molecule has 114 valence electrons. The number of benzene rings is 1. The van der Waals surface area contributed by atoms with Crippen LogP contribution >= 0.6 is 11.8 Å². The average Bonchev–Trinajstić information content (AvgIpc) is 2.90. The first-order chi connectivity index (χ1) is 10.6. The van der Waals surface area contributed by atoms with E-state index in [4.69, 9.17) is 4.52 Å². The van der Waals surface area contributed by atoms with E-state index in [9.17, 15) is 4.79 Å². The van der Waals surface area contributed by atoms with E-state index in [0.29, 0.717) is 16.3 Å². The summed E-state index contributed by atoms with van der Waals surface area (Å²) >= 11 is 1.49. The molecule has 0 unspecified atom stereocenters. The molecule has 0 amide bonds. The van der Waals surface area contributed by atoms with Crippen LogP contribution in [0.3, 0.4) is 0 Å². The Labute approximate surface area is 132 Å². The van der Waals surface area contributed by atoms with Crippen LogP contribution in [0.1, 0.15) is 31.3 Å². The fourth-order valence-electron chi connectivity index (χ4n) is 2.30. The Hall–Kier alpha value is -2.08. The molecular weight excluding hydrogens is 298 g/mol. The van der Waals surface area contributed by atoms with Gasteiger partial charge in [0.2, 0.25) is 0 Å². The van der Waals surface area contributed by atoms with Crippen molar-refractivity contribution in [3.05, 3.63) is 52.1 Å². The van der Waals surface area contributed by atoms with Crippen LogP contribution in [0.4, 0.5) is 0 Å². The number of hydrogen-bond donors (Lipinski definition) is 0. The predicted octanol–water partition coefficient (Wildman–Crippen LogP) is 3.57. The maximum absolute atomic E-state index is 12.7. The van der Waals surface area contributed by atoms with Gasteiger partial charge in [-0.1, -0.05) is 29.1 Å². The van der Waals surface area contributed by atoms with Crippen LogP contribution in [0.2, 0.25) is 0 Å². The number of fused-ring (bicyclic) bond motifs is 1. The molecule has 0 aliphatic carbocycles. The second kappa shape index (κ2) is 5.96. The highest BCUT2D eigenvalue weighted by atomic mass is 32.2. The van der Waals surface area contributed by atoms with Crippen molar-refractivity contribution >= 4 is 22.7 Å². The van der Waals surface area contributed by atoms with Crippen LogP contribution in [0.15, 0.2) is 44.8 Å². The first-order valence-electron chi connectivity index (χ1n) is 7.12. The monoisotopic (exact) mass is 315 g/mol. The van der Waals surface area contributed by atoms with E-state index in [1.54, 1.807) is 4.57 Å². The standard InChI is InChI=1S/C16H17N3O2S/c1-10(2)19-15(20)13-6-4-5-7-14(13)17-16(19)22-9-12-8-11(3)18-21-12/h4-8,10H,9H2,1-3H3. The van der Waals surface area contributed by atoms with Gasteiger partial charge in [-0.25, -0.2) is 4.98 Å². The first kappa shape index (κ1) is 14.8. The van der Waals surface area contributed by atoms with Crippen LogP contribution in [0.5, 0.6) is 0 Å². The number of rotatable bonds is 4. The lowest BCUT2D eigenvalue weighted by Crippen LogP contribution is -2.25. The smallest absolute Gasteiger partial charge is 0.262 e. The highest BCUT2D eigenvalue weighted by Gasteiger charge is 2.14. The number of para-hydroxylation sites is 1. The number of aryl methyl sites for hydroxylation is 1. The maximum Gasteiger partial charge on any atom is 0.262 e. The lowest BCUT2D eigenvalue weighted by Gasteiger charge is -2.15. The van der Waals surface area contributed by atoms with E-state index < -0.39 is 0 Å². The van der Waals surface area contributed by atoms with Gasteiger partial charge in [-0.05, 0) is 32.9 Å². The molecule has 0 aliphatic heterocycles. The zero-order valence-corrected chi connectivity index (χ0v) is 13.6. The minimum atomic E-state index is -0.00292.